The van der Waals surface area contributed by atoms with Gasteiger partial charge in [0, 0.05) is 16.6 Å². The van der Waals surface area contributed by atoms with E-state index in [1.807, 2.05) is 55.5 Å². The van der Waals surface area contributed by atoms with Crippen molar-refractivity contribution in [2.24, 2.45) is 0 Å². The van der Waals surface area contributed by atoms with E-state index in [0.717, 1.165) is 47.8 Å². The van der Waals surface area contributed by atoms with Crippen LogP contribution in [0.15, 0.2) is 66.7 Å². The van der Waals surface area contributed by atoms with Gasteiger partial charge in [-0.3, -0.25) is 0 Å². The van der Waals surface area contributed by atoms with E-state index in [1.54, 1.807) is 6.07 Å². The molecule has 0 saturated heterocycles. The van der Waals surface area contributed by atoms with E-state index in [2.05, 4.69) is 9.97 Å². The number of para-hydroxylation sites is 1. The lowest BCUT2D eigenvalue weighted by Gasteiger charge is -2.25. The van der Waals surface area contributed by atoms with Crippen molar-refractivity contribution in [2.75, 3.05) is 0 Å². The summed E-state index contributed by atoms with van der Waals surface area (Å²) in [5.41, 5.74) is 3.43. The average Bonchev–Trinajstić information content (AvgIpc) is 2.83. The number of benzene rings is 3. The second-order valence-electron chi connectivity index (χ2n) is 8.83. The minimum atomic E-state index is -4.45. The van der Waals surface area contributed by atoms with Crippen molar-refractivity contribution >= 4 is 10.9 Å². The largest absolute Gasteiger partial charge is 0.417 e. The zero-order chi connectivity index (χ0) is 23.0. The summed E-state index contributed by atoms with van der Waals surface area (Å²) in [6.45, 7) is 1.90. The summed E-state index contributed by atoms with van der Waals surface area (Å²) in [4.78, 5) is 9.27. The molecule has 5 rings (SSSR count). The van der Waals surface area contributed by atoms with E-state index in [0.29, 0.717) is 22.9 Å². The SMILES string of the molecule is Cc1nc(-c2ccc(C(F)(F)F)c(-c3ccccc3C3CCCCC3)c2)nc2ccccc12. The Morgan fingerprint density at radius 1 is 0.788 bits per heavy atom. The lowest BCUT2D eigenvalue weighted by molar-refractivity contribution is -0.137. The maximum atomic E-state index is 14.1. The van der Waals surface area contributed by atoms with Gasteiger partial charge in [-0.15, -0.1) is 0 Å². The lowest BCUT2D eigenvalue weighted by Crippen LogP contribution is -2.10. The molecule has 0 unspecified atom stereocenters. The van der Waals surface area contributed by atoms with E-state index < -0.39 is 11.7 Å². The van der Waals surface area contributed by atoms with Crippen molar-refractivity contribution in [1.82, 2.24) is 9.97 Å². The van der Waals surface area contributed by atoms with Crippen LogP contribution in [0, 0.1) is 6.92 Å². The van der Waals surface area contributed by atoms with Gasteiger partial charge in [-0.25, -0.2) is 9.97 Å². The van der Waals surface area contributed by atoms with E-state index in [-0.39, 0.29) is 5.56 Å². The first-order valence-corrected chi connectivity index (χ1v) is 11.5. The molecule has 2 nitrogen and oxygen atoms in total. The van der Waals surface area contributed by atoms with Gasteiger partial charge in [0.2, 0.25) is 0 Å². The number of rotatable bonds is 3. The Bertz CT molecular complexity index is 1300. The molecule has 0 bridgehead atoms. The first-order valence-electron chi connectivity index (χ1n) is 11.5. The molecule has 5 heteroatoms. The highest BCUT2D eigenvalue weighted by Crippen LogP contribution is 2.43. The van der Waals surface area contributed by atoms with Crippen molar-refractivity contribution in [3.63, 3.8) is 0 Å². The second kappa shape index (κ2) is 8.62. The van der Waals surface area contributed by atoms with Gasteiger partial charge in [-0.05, 0) is 60.6 Å². The summed E-state index contributed by atoms with van der Waals surface area (Å²) in [7, 11) is 0. The van der Waals surface area contributed by atoms with Crippen LogP contribution in [0.1, 0.15) is 54.8 Å². The standard InChI is InChI=1S/C28H25F3N2/c1-18-21-11-7-8-14-26(21)33-27(32-18)20-15-16-25(28(29,30)31)24(17-20)23-13-6-5-12-22(23)19-9-3-2-4-10-19/h5-8,11-17,19H,2-4,9-10H2,1H3. The summed E-state index contributed by atoms with van der Waals surface area (Å²) >= 11 is 0. The van der Waals surface area contributed by atoms with Crippen LogP contribution in [-0.4, -0.2) is 9.97 Å². The highest BCUT2D eigenvalue weighted by molar-refractivity contribution is 5.83. The number of aryl methyl sites for hydroxylation is 1. The Hall–Kier alpha value is -3.21. The second-order valence-corrected chi connectivity index (χ2v) is 8.83. The van der Waals surface area contributed by atoms with Crippen LogP contribution in [0.2, 0.25) is 0 Å². The fraction of sp³-hybridized carbons (Fsp3) is 0.286. The molecule has 1 heterocycles. The molecule has 0 spiro atoms. The van der Waals surface area contributed by atoms with Crippen LogP contribution in [-0.2, 0) is 6.18 Å². The molecular formula is C28H25F3N2. The maximum Gasteiger partial charge on any atom is 0.417 e. The molecule has 0 atom stereocenters. The predicted molar refractivity (Wildman–Crippen MR) is 126 cm³/mol. The van der Waals surface area contributed by atoms with Crippen LogP contribution in [0.5, 0.6) is 0 Å². The minimum Gasteiger partial charge on any atom is -0.233 e. The summed E-state index contributed by atoms with van der Waals surface area (Å²) < 4.78 is 42.2. The number of halogens is 3. The molecule has 4 aromatic rings. The summed E-state index contributed by atoms with van der Waals surface area (Å²) in [6, 6.07) is 19.5. The normalized spacial score (nSPS) is 15.2. The number of nitrogens with zero attached hydrogens (tertiary/aromatic N) is 2. The molecule has 33 heavy (non-hydrogen) atoms. The Morgan fingerprint density at radius 2 is 1.52 bits per heavy atom. The highest BCUT2D eigenvalue weighted by Gasteiger charge is 2.35. The highest BCUT2D eigenvalue weighted by atomic mass is 19.4. The predicted octanol–water partition coefficient (Wildman–Crippen LogP) is 8.34. The van der Waals surface area contributed by atoms with Gasteiger partial charge in [0.25, 0.3) is 0 Å². The molecule has 1 aromatic heterocycles. The molecule has 1 aliphatic carbocycles. The van der Waals surface area contributed by atoms with Gasteiger partial charge in [0.15, 0.2) is 5.82 Å². The zero-order valence-corrected chi connectivity index (χ0v) is 18.5. The van der Waals surface area contributed by atoms with Crippen molar-refractivity contribution in [1.29, 1.82) is 0 Å². The molecule has 1 fully saturated rings. The Balaban J connectivity index is 1.69. The van der Waals surface area contributed by atoms with Crippen LogP contribution in [0.3, 0.4) is 0 Å². The quantitative estimate of drug-likeness (QED) is 0.316. The third kappa shape index (κ3) is 4.24. The molecule has 0 amide bonds. The van der Waals surface area contributed by atoms with Gasteiger partial charge in [-0.2, -0.15) is 13.2 Å². The molecule has 168 valence electrons. The molecule has 3 aromatic carbocycles. The summed E-state index contributed by atoms with van der Waals surface area (Å²) in [5, 5.41) is 0.941. The van der Waals surface area contributed by atoms with Crippen LogP contribution in [0.4, 0.5) is 13.2 Å². The number of alkyl halides is 3. The fourth-order valence-electron chi connectivity index (χ4n) is 5.03. The topological polar surface area (TPSA) is 25.8 Å². The molecule has 0 radical (unpaired) electrons. The lowest BCUT2D eigenvalue weighted by atomic mass is 9.80. The summed E-state index contributed by atoms with van der Waals surface area (Å²) in [5.74, 6) is 0.732. The molecule has 0 aliphatic heterocycles. The third-order valence-electron chi connectivity index (χ3n) is 6.67. The van der Waals surface area contributed by atoms with Crippen LogP contribution < -0.4 is 0 Å². The van der Waals surface area contributed by atoms with Crippen molar-refractivity contribution in [3.05, 3.63) is 83.6 Å². The minimum absolute atomic E-state index is 0.204. The smallest absolute Gasteiger partial charge is 0.233 e. The van der Waals surface area contributed by atoms with Gasteiger partial charge >= 0.3 is 6.18 Å². The number of hydrogen-bond acceptors (Lipinski definition) is 2. The van der Waals surface area contributed by atoms with E-state index in [9.17, 15) is 13.2 Å². The summed E-state index contributed by atoms with van der Waals surface area (Å²) in [6.07, 6.45) is 1.02. The van der Waals surface area contributed by atoms with E-state index in [4.69, 9.17) is 0 Å². The number of hydrogen-bond donors (Lipinski definition) is 0. The van der Waals surface area contributed by atoms with Crippen molar-refractivity contribution < 1.29 is 13.2 Å². The average molecular weight is 447 g/mol. The third-order valence-corrected chi connectivity index (χ3v) is 6.67. The van der Waals surface area contributed by atoms with Crippen LogP contribution >= 0.6 is 0 Å². The molecule has 1 saturated carbocycles. The van der Waals surface area contributed by atoms with Gasteiger partial charge in [-0.1, -0.05) is 67.8 Å². The number of fused-ring (bicyclic) bond motifs is 1. The van der Waals surface area contributed by atoms with Crippen molar-refractivity contribution in [3.8, 4) is 22.5 Å². The number of aromatic nitrogens is 2. The Labute approximate surface area is 191 Å². The maximum absolute atomic E-state index is 14.1. The van der Waals surface area contributed by atoms with Crippen LogP contribution in [0.25, 0.3) is 33.4 Å². The van der Waals surface area contributed by atoms with Gasteiger partial charge < -0.3 is 0 Å². The monoisotopic (exact) mass is 446 g/mol. The molecule has 0 N–H and O–H groups in total. The first-order chi connectivity index (χ1) is 15.9. The van der Waals surface area contributed by atoms with E-state index in [1.165, 1.54) is 18.6 Å². The van der Waals surface area contributed by atoms with Gasteiger partial charge in [0.05, 0.1) is 11.1 Å². The zero-order valence-electron chi connectivity index (χ0n) is 18.5. The Morgan fingerprint density at radius 3 is 2.30 bits per heavy atom. The van der Waals surface area contributed by atoms with E-state index >= 15 is 0 Å². The Kier molecular flexibility index (Phi) is 5.65. The van der Waals surface area contributed by atoms with Gasteiger partial charge in [0.1, 0.15) is 0 Å². The fourth-order valence-corrected chi connectivity index (χ4v) is 5.03. The molecular weight excluding hydrogens is 421 g/mol. The first kappa shape index (κ1) is 21.6. The van der Waals surface area contributed by atoms with Crippen molar-refractivity contribution in [2.45, 2.75) is 51.1 Å². The molecule has 1 aliphatic rings.